The van der Waals surface area contributed by atoms with Gasteiger partial charge in [-0.05, 0) is 32.3 Å². The van der Waals surface area contributed by atoms with Crippen molar-refractivity contribution in [3.05, 3.63) is 18.0 Å². The van der Waals surface area contributed by atoms with Gasteiger partial charge in [0.05, 0.1) is 5.69 Å². The molecule has 2 atom stereocenters. The second-order valence-corrected chi connectivity index (χ2v) is 4.80. The second kappa shape index (κ2) is 4.81. The summed E-state index contributed by atoms with van der Waals surface area (Å²) in [5, 5.41) is 4.54. The van der Waals surface area contributed by atoms with Gasteiger partial charge in [-0.2, -0.15) is 5.10 Å². The minimum Gasteiger partial charge on any atom is -0.299 e. The molecule has 2 rings (SSSR count). The van der Waals surface area contributed by atoms with Crippen LogP contribution in [0.4, 0.5) is 0 Å². The molecular weight excluding hydrogens is 200 g/mol. The summed E-state index contributed by atoms with van der Waals surface area (Å²) in [5.74, 6) is 0.665. The van der Waals surface area contributed by atoms with Crippen molar-refractivity contribution in [3.8, 4) is 0 Å². The van der Waals surface area contributed by atoms with Crippen LogP contribution in [0.25, 0.3) is 0 Å². The Morgan fingerprint density at radius 2 is 2.44 bits per heavy atom. The zero-order chi connectivity index (χ0) is 11.5. The molecule has 2 unspecified atom stereocenters. The van der Waals surface area contributed by atoms with Crippen molar-refractivity contribution in [1.82, 2.24) is 9.78 Å². The van der Waals surface area contributed by atoms with Gasteiger partial charge >= 0.3 is 0 Å². The van der Waals surface area contributed by atoms with Gasteiger partial charge in [-0.25, -0.2) is 0 Å². The van der Waals surface area contributed by atoms with Crippen molar-refractivity contribution < 1.29 is 4.79 Å². The standard InChI is InChI=1S/C13H20N2O/c1-3-10(2)15-8-7-12(14-15)9-11-5-4-6-13(11)16/h7-8,10-11H,3-6,9H2,1-2H3. The number of hydrogen-bond donors (Lipinski definition) is 0. The van der Waals surface area contributed by atoms with Gasteiger partial charge in [0.2, 0.25) is 0 Å². The molecule has 1 aromatic rings. The van der Waals surface area contributed by atoms with Crippen LogP contribution in [-0.4, -0.2) is 15.6 Å². The van der Waals surface area contributed by atoms with Crippen LogP contribution in [0.2, 0.25) is 0 Å². The highest BCUT2D eigenvalue weighted by atomic mass is 16.1. The van der Waals surface area contributed by atoms with Crippen molar-refractivity contribution in [3.63, 3.8) is 0 Å². The lowest BCUT2D eigenvalue weighted by molar-refractivity contribution is -0.120. The highest BCUT2D eigenvalue weighted by Crippen LogP contribution is 2.24. The predicted molar refractivity (Wildman–Crippen MR) is 63.3 cm³/mol. The lowest BCUT2D eigenvalue weighted by Gasteiger charge is -2.09. The Morgan fingerprint density at radius 3 is 3.06 bits per heavy atom. The van der Waals surface area contributed by atoms with E-state index in [9.17, 15) is 4.79 Å². The molecule has 0 spiro atoms. The molecule has 0 aromatic carbocycles. The van der Waals surface area contributed by atoms with Gasteiger partial charge in [0.25, 0.3) is 0 Å². The first kappa shape index (κ1) is 11.4. The maximum absolute atomic E-state index is 11.5. The van der Waals surface area contributed by atoms with Crippen molar-refractivity contribution in [2.24, 2.45) is 5.92 Å². The Morgan fingerprint density at radius 1 is 1.62 bits per heavy atom. The van der Waals surface area contributed by atoms with Gasteiger partial charge in [-0.3, -0.25) is 9.48 Å². The van der Waals surface area contributed by atoms with Crippen LogP contribution in [0, 0.1) is 5.92 Å². The third kappa shape index (κ3) is 2.34. The highest BCUT2D eigenvalue weighted by molar-refractivity contribution is 5.83. The molecular formula is C13H20N2O. The molecule has 3 heteroatoms. The van der Waals surface area contributed by atoms with Crippen LogP contribution in [-0.2, 0) is 11.2 Å². The van der Waals surface area contributed by atoms with Crippen molar-refractivity contribution >= 4 is 5.78 Å². The van der Waals surface area contributed by atoms with Crippen LogP contribution in [0.15, 0.2) is 12.3 Å². The van der Waals surface area contributed by atoms with Crippen LogP contribution < -0.4 is 0 Å². The van der Waals surface area contributed by atoms with Crippen molar-refractivity contribution in [2.75, 3.05) is 0 Å². The average molecular weight is 220 g/mol. The van der Waals surface area contributed by atoms with E-state index in [1.807, 2.05) is 10.9 Å². The Bertz CT molecular complexity index is 370. The molecule has 16 heavy (non-hydrogen) atoms. The molecule has 0 saturated heterocycles. The summed E-state index contributed by atoms with van der Waals surface area (Å²) < 4.78 is 2.01. The number of nitrogens with zero attached hydrogens (tertiary/aromatic N) is 2. The highest BCUT2D eigenvalue weighted by Gasteiger charge is 2.25. The maximum atomic E-state index is 11.5. The predicted octanol–water partition coefficient (Wildman–Crippen LogP) is 2.77. The lowest BCUT2D eigenvalue weighted by atomic mass is 10.0. The van der Waals surface area contributed by atoms with Gasteiger partial charge < -0.3 is 0 Å². The van der Waals surface area contributed by atoms with Gasteiger partial charge in [-0.15, -0.1) is 0 Å². The fraction of sp³-hybridized carbons (Fsp3) is 0.692. The summed E-state index contributed by atoms with van der Waals surface area (Å²) in [4.78, 5) is 11.5. The first-order valence-electron chi connectivity index (χ1n) is 6.27. The molecule has 0 amide bonds. The summed E-state index contributed by atoms with van der Waals surface area (Å²) in [6, 6.07) is 2.51. The summed E-state index contributed by atoms with van der Waals surface area (Å²) in [6.07, 6.45) is 6.84. The second-order valence-electron chi connectivity index (χ2n) is 4.80. The van der Waals surface area contributed by atoms with Crippen LogP contribution in [0.1, 0.15) is 51.3 Å². The quantitative estimate of drug-likeness (QED) is 0.782. The molecule has 0 N–H and O–H groups in total. The maximum Gasteiger partial charge on any atom is 0.136 e. The molecule has 1 aliphatic carbocycles. The number of Topliss-reactive ketones (excluding diaryl/α,β-unsaturated/α-hetero) is 1. The first-order valence-corrected chi connectivity index (χ1v) is 6.27. The molecule has 1 saturated carbocycles. The summed E-state index contributed by atoms with van der Waals surface area (Å²) in [7, 11) is 0. The lowest BCUT2D eigenvalue weighted by Crippen LogP contribution is -2.11. The third-order valence-electron chi connectivity index (χ3n) is 3.59. The summed E-state index contributed by atoms with van der Waals surface area (Å²) in [5.41, 5.74) is 1.07. The molecule has 1 aliphatic rings. The Labute approximate surface area is 96.8 Å². The molecule has 0 aliphatic heterocycles. The number of carbonyl (C=O) groups excluding carboxylic acids is 1. The van der Waals surface area contributed by atoms with E-state index in [4.69, 9.17) is 0 Å². The molecule has 1 aromatic heterocycles. The molecule has 1 fully saturated rings. The zero-order valence-electron chi connectivity index (χ0n) is 10.1. The van der Waals surface area contributed by atoms with Crippen molar-refractivity contribution in [2.45, 2.75) is 52.0 Å². The van der Waals surface area contributed by atoms with Gasteiger partial charge in [0.1, 0.15) is 5.78 Å². The van der Waals surface area contributed by atoms with E-state index < -0.39 is 0 Å². The largest absolute Gasteiger partial charge is 0.299 e. The smallest absolute Gasteiger partial charge is 0.136 e. The van der Waals surface area contributed by atoms with E-state index in [2.05, 4.69) is 25.0 Å². The van der Waals surface area contributed by atoms with Crippen LogP contribution in [0.3, 0.4) is 0 Å². The summed E-state index contributed by atoms with van der Waals surface area (Å²) >= 11 is 0. The normalized spacial score (nSPS) is 22.6. The Balaban J connectivity index is 1.99. The van der Waals surface area contributed by atoms with Crippen molar-refractivity contribution in [1.29, 1.82) is 0 Å². The van der Waals surface area contributed by atoms with E-state index in [1.54, 1.807) is 0 Å². The van der Waals surface area contributed by atoms with E-state index in [0.29, 0.717) is 11.8 Å². The minimum absolute atomic E-state index is 0.236. The number of hydrogen-bond acceptors (Lipinski definition) is 2. The average Bonchev–Trinajstić information content (AvgIpc) is 2.89. The third-order valence-corrected chi connectivity index (χ3v) is 3.59. The Hall–Kier alpha value is -1.12. The van der Waals surface area contributed by atoms with Gasteiger partial charge in [0, 0.05) is 31.0 Å². The molecule has 0 radical (unpaired) electrons. The summed E-state index contributed by atoms with van der Waals surface area (Å²) in [6.45, 7) is 4.32. The fourth-order valence-corrected chi connectivity index (χ4v) is 2.27. The van der Waals surface area contributed by atoms with E-state index in [-0.39, 0.29) is 5.92 Å². The minimum atomic E-state index is 0.236. The SMILES string of the molecule is CCC(C)n1ccc(CC2CCCC2=O)n1. The van der Waals surface area contributed by atoms with Gasteiger partial charge in [0.15, 0.2) is 0 Å². The zero-order valence-corrected chi connectivity index (χ0v) is 10.1. The Kier molecular flexibility index (Phi) is 3.42. The van der Waals surface area contributed by atoms with Crippen LogP contribution >= 0.6 is 0 Å². The number of aromatic nitrogens is 2. The fourth-order valence-electron chi connectivity index (χ4n) is 2.27. The van der Waals surface area contributed by atoms with E-state index >= 15 is 0 Å². The molecule has 88 valence electrons. The topological polar surface area (TPSA) is 34.9 Å². The molecule has 3 nitrogen and oxygen atoms in total. The monoisotopic (exact) mass is 220 g/mol. The van der Waals surface area contributed by atoms with Gasteiger partial charge in [-0.1, -0.05) is 6.92 Å². The number of rotatable bonds is 4. The van der Waals surface area contributed by atoms with Crippen LogP contribution in [0.5, 0.6) is 0 Å². The number of ketones is 1. The molecule has 0 bridgehead atoms. The first-order chi connectivity index (χ1) is 7.70. The molecule has 1 heterocycles. The van der Waals surface area contributed by atoms with E-state index in [1.165, 1.54) is 0 Å². The van der Waals surface area contributed by atoms with E-state index in [0.717, 1.165) is 37.8 Å². The number of carbonyl (C=O) groups is 1.